The maximum absolute atomic E-state index is 12.9. The second-order valence-corrected chi connectivity index (χ2v) is 3.99. The molecule has 1 rings (SSSR count). The van der Waals surface area contributed by atoms with Crippen molar-refractivity contribution in [1.29, 1.82) is 0 Å². The van der Waals surface area contributed by atoms with Gasteiger partial charge >= 0.3 is 6.36 Å². The monoisotopic (exact) mass is 354 g/mol. The molecule has 15 heavy (non-hydrogen) atoms. The summed E-state index contributed by atoms with van der Waals surface area (Å²) in [5, 5.41) is 0. The van der Waals surface area contributed by atoms with Gasteiger partial charge in [0.2, 0.25) is 0 Å². The van der Waals surface area contributed by atoms with E-state index in [0.29, 0.717) is 6.07 Å². The molecule has 0 spiro atoms. The molecule has 0 aliphatic carbocycles. The Labute approximate surface area is 97.5 Å². The lowest BCUT2D eigenvalue weighted by Gasteiger charge is -2.11. The van der Waals surface area contributed by atoms with Gasteiger partial charge in [-0.05, 0) is 37.9 Å². The van der Waals surface area contributed by atoms with E-state index in [0.717, 1.165) is 0 Å². The molecular weight excluding hydrogens is 355 g/mol. The van der Waals surface area contributed by atoms with Gasteiger partial charge in [-0.25, -0.2) is 8.78 Å². The van der Waals surface area contributed by atoms with Crippen molar-refractivity contribution in [3.63, 3.8) is 0 Å². The lowest BCUT2D eigenvalue weighted by molar-refractivity contribution is -0.275. The summed E-state index contributed by atoms with van der Waals surface area (Å²) in [7, 11) is 0. The van der Waals surface area contributed by atoms with E-state index in [4.69, 9.17) is 0 Å². The van der Waals surface area contributed by atoms with Gasteiger partial charge in [-0.2, -0.15) is 0 Å². The van der Waals surface area contributed by atoms with Gasteiger partial charge in [-0.3, -0.25) is 0 Å². The van der Waals surface area contributed by atoms with E-state index in [-0.39, 0.29) is 0 Å². The fourth-order valence-electron chi connectivity index (χ4n) is 0.750. The Hall–Kier alpha value is -0.370. The first kappa shape index (κ1) is 12.7. The third-order valence-corrected chi connectivity index (χ3v) is 2.61. The number of rotatable bonds is 1. The van der Waals surface area contributed by atoms with Gasteiger partial charge in [0.15, 0.2) is 11.6 Å². The Kier molecular flexibility index (Phi) is 3.59. The third kappa shape index (κ3) is 3.04. The summed E-state index contributed by atoms with van der Waals surface area (Å²) in [6.45, 7) is 0. The number of hydrogen-bond donors (Lipinski definition) is 0. The highest BCUT2D eigenvalue weighted by atomic mass is 79.9. The average Bonchev–Trinajstić information content (AvgIpc) is 2.08. The Bertz CT molecular complexity index is 390. The van der Waals surface area contributed by atoms with Crippen LogP contribution in [0.15, 0.2) is 15.0 Å². The van der Waals surface area contributed by atoms with Gasteiger partial charge in [-0.1, -0.05) is 0 Å². The van der Waals surface area contributed by atoms with Crippen LogP contribution in [-0.2, 0) is 0 Å². The first-order chi connectivity index (χ1) is 6.72. The van der Waals surface area contributed by atoms with Crippen LogP contribution >= 0.6 is 31.9 Å². The normalized spacial score (nSPS) is 11.7. The summed E-state index contributed by atoms with van der Waals surface area (Å²) in [6, 6.07) is 0.677. The molecular formula is C7HBr2F5O. The molecule has 0 fully saturated rings. The Morgan fingerprint density at radius 3 is 2.07 bits per heavy atom. The quantitative estimate of drug-likeness (QED) is 0.412. The van der Waals surface area contributed by atoms with Crippen molar-refractivity contribution in [2.45, 2.75) is 6.36 Å². The fraction of sp³-hybridized carbons (Fsp3) is 0.143. The lowest BCUT2D eigenvalue weighted by Crippen LogP contribution is -2.17. The summed E-state index contributed by atoms with van der Waals surface area (Å²) in [4.78, 5) is 0. The van der Waals surface area contributed by atoms with Crippen molar-refractivity contribution in [1.82, 2.24) is 0 Å². The average molecular weight is 356 g/mol. The molecule has 0 aliphatic heterocycles. The Balaban J connectivity index is 3.21. The molecule has 84 valence electrons. The van der Waals surface area contributed by atoms with E-state index in [1.165, 1.54) is 0 Å². The van der Waals surface area contributed by atoms with Crippen LogP contribution in [0.3, 0.4) is 0 Å². The van der Waals surface area contributed by atoms with E-state index in [1.54, 1.807) is 0 Å². The summed E-state index contributed by atoms with van der Waals surface area (Å²) < 4.78 is 63.5. The highest BCUT2D eigenvalue weighted by Crippen LogP contribution is 2.36. The van der Waals surface area contributed by atoms with Crippen molar-refractivity contribution >= 4 is 31.9 Å². The van der Waals surface area contributed by atoms with Gasteiger partial charge in [0.25, 0.3) is 0 Å². The summed E-state index contributed by atoms with van der Waals surface area (Å²) in [5.41, 5.74) is 0. The number of hydrogen-bond acceptors (Lipinski definition) is 1. The number of benzene rings is 1. The zero-order valence-corrected chi connectivity index (χ0v) is 9.80. The minimum absolute atomic E-state index is 0.456. The molecule has 0 radical (unpaired) electrons. The predicted molar refractivity (Wildman–Crippen MR) is 48.4 cm³/mol. The van der Waals surface area contributed by atoms with Crippen molar-refractivity contribution < 1.29 is 26.7 Å². The van der Waals surface area contributed by atoms with E-state index in [2.05, 4.69) is 36.6 Å². The fourth-order valence-corrected chi connectivity index (χ4v) is 1.50. The smallest absolute Gasteiger partial charge is 0.404 e. The molecule has 0 atom stereocenters. The van der Waals surface area contributed by atoms with Crippen LogP contribution in [0.5, 0.6) is 5.75 Å². The summed E-state index contributed by atoms with van der Waals surface area (Å²) >= 11 is 5.01. The number of halogens is 7. The van der Waals surface area contributed by atoms with E-state index >= 15 is 0 Å². The molecule has 0 heterocycles. The zero-order valence-electron chi connectivity index (χ0n) is 6.63. The molecule has 0 N–H and O–H groups in total. The Morgan fingerprint density at radius 1 is 1.07 bits per heavy atom. The van der Waals surface area contributed by atoms with E-state index < -0.39 is 32.7 Å². The lowest BCUT2D eigenvalue weighted by atomic mass is 10.3. The van der Waals surface area contributed by atoms with Crippen molar-refractivity contribution in [2.24, 2.45) is 0 Å². The Morgan fingerprint density at radius 2 is 1.60 bits per heavy atom. The maximum Gasteiger partial charge on any atom is 0.573 e. The van der Waals surface area contributed by atoms with Crippen LogP contribution in [-0.4, -0.2) is 6.36 Å². The second-order valence-electron chi connectivity index (χ2n) is 2.35. The van der Waals surface area contributed by atoms with Crippen LogP contribution < -0.4 is 4.74 Å². The molecule has 0 unspecified atom stereocenters. The first-order valence-electron chi connectivity index (χ1n) is 3.31. The highest BCUT2D eigenvalue weighted by molar-refractivity contribution is 9.11. The van der Waals surface area contributed by atoms with Crippen LogP contribution in [0, 0.1) is 11.6 Å². The highest BCUT2D eigenvalue weighted by Gasteiger charge is 2.33. The number of alkyl halides is 3. The minimum atomic E-state index is -4.97. The molecule has 0 bridgehead atoms. The van der Waals surface area contributed by atoms with Gasteiger partial charge in [0.1, 0.15) is 5.75 Å². The van der Waals surface area contributed by atoms with E-state index in [1.807, 2.05) is 0 Å². The predicted octanol–water partition coefficient (Wildman–Crippen LogP) is 4.39. The molecule has 1 nitrogen and oxygen atoms in total. The van der Waals surface area contributed by atoms with Crippen molar-refractivity contribution in [3.8, 4) is 5.75 Å². The second kappa shape index (κ2) is 4.25. The topological polar surface area (TPSA) is 9.23 Å². The zero-order chi connectivity index (χ0) is 11.8. The van der Waals surface area contributed by atoms with Crippen LogP contribution in [0.25, 0.3) is 0 Å². The van der Waals surface area contributed by atoms with Crippen LogP contribution in [0.4, 0.5) is 22.0 Å². The largest absolute Gasteiger partial charge is 0.573 e. The third-order valence-electron chi connectivity index (χ3n) is 1.29. The van der Waals surface area contributed by atoms with Gasteiger partial charge in [0.05, 0.1) is 8.95 Å². The molecule has 0 aromatic heterocycles. The van der Waals surface area contributed by atoms with Crippen LogP contribution in [0.1, 0.15) is 0 Å². The summed E-state index contributed by atoms with van der Waals surface area (Å²) in [6.07, 6.45) is -4.97. The van der Waals surface area contributed by atoms with Gasteiger partial charge in [-0.15, -0.1) is 13.2 Å². The summed E-state index contributed by atoms with van der Waals surface area (Å²) in [5.74, 6) is -3.60. The first-order valence-corrected chi connectivity index (χ1v) is 4.89. The molecule has 0 saturated heterocycles. The molecule has 8 heteroatoms. The standard InChI is InChI=1S/C7HBr2F5O/c8-2-1-3(15-7(12,13)14)4(9)6(11)5(2)10/h1H. The van der Waals surface area contributed by atoms with Crippen molar-refractivity contribution in [3.05, 3.63) is 26.6 Å². The van der Waals surface area contributed by atoms with Crippen molar-refractivity contribution in [2.75, 3.05) is 0 Å². The molecule has 0 saturated carbocycles. The van der Waals surface area contributed by atoms with E-state index in [9.17, 15) is 22.0 Å². The molecule has 0 aliphatic rings. The van der Waals surface area contributed by atoms with Gasteiger partial charge < -0.3 is 4.74 Å². The number of ether oxygens (including phenoxy) is 1. The molecule has 1 aromatic carbocycles. The SMILES string of the molecule is Fc1c(Br)cc(OC(F)(F)F)c(Br)c1F. The maximum atomic E-state index is 12.9. The van der Waals surface area contributed by atoms with Crippen LogP contribution in [0.2, 0.25) is 0 Å². The minimum Gasteiger partial charge on any atom is -0.404 e. The molecule has 0 amide bonds. The van der Waals surface area contributed by atoms with Gasteiger partial charge in [0, 0.05) is 0 Å². The molecule has 1 aromatic rings.